The van der Waals surface area contributed by atoms with Crippen LogP contribution < -0.4 is 14.8 Å². The number of carbonyl (C=O) groups excluding carboxylic acids is 1. The number of pyridine rings is 1. The highest BCUT2D eigenvalue weighted by Crippen LogP contribution is 2.40. The number of fused-ring (bicyclic) bond motifs is 2. The molecule has 2 aromatic heterocycles. The lowest BCUT2D eigenvalue weighted by Crippen LogP contribution is -2.29. The molecule has 132 valence electrons. The van der Waals surface area contributed by atoms with Crippen LogP contribution in [0.25, 0.3) is 11.7 Å². The van der Waals surface area contributed by atoms with Crippen LogP contribution in [0.3, 0.4) is 0 Å². The van der Waals surface area contributed by atoms with Crippen molar-refractivity contribution in [2.24, 2.45) is 0 Å². The molecule has 3 heterocycles. The Morgan fingerprint density at radius 1 is 1.23 bits per heavy atom. The number of hydrogen-bond donors (Lipinski definition) is 1. The summed E-state index contributed by atoms with van der Waals surface area (Å²) in [7, 11) is 0. The molecule has 0 saturated carbocycles. The molecule has 0 saturated heterocycles. The Kier molecular flexibility index (Phi) is 3.85. The van der Waals surface area contributed by atoms with Gasteiger partial charge in [0, 0.05) is 37.9 Å². The molecule has 1 amide bonds. The molecule has 0 radical (unpaired) electrons. The number of benzene rings is 1. The van der Waals surface area contributed by atoms with E-state index in [0.717, 1.165) is 5.65 Å². The van der Waals surface area contributed by atoms with Crippen LogP contribution in [-0.2, 0) is 4.79 Å². The summed E-state index contributed by atoms with van der Waals surface area (Å²) in [6, 6.07) is 10.9. The lowest BCUT2D eigenvalue weighted by atomic mass is 10.2. The number of anilines is 1. The van der Waals surface area contributed by atoms with Gasteiger partial charge in [0.25, 0.3) is 0 Å². The van der Waals surface area contributed by atoms with Gasteiger partial charge in [-0.1, -0.05) is 17.7 Å². The van der Waals surface area contributed by atoms with E-state index in [9.17, 15) is 4.79 Å². The average molecular weight is 370 g/mol. The Bertz CT molecular complexity index is 1040. The average Bonchev–Trinajstić information content (AvgIpc) is 3.06. The van der Waals surface area contributed by atoms with Crippen molar-refractivity contribution in [3.05, 3.63) is 59.5 Å². The van der Waals surface area contributed by atoms with Gasteiger partial charge in [-0.2, -0.15) is 0 Å². The quantitative estimate of drug-likeness (QED) is 0.704. The molecule has 3 aromatic rings. The zero-order chi connectivity index (χ0) is 18.3. The Hall–Kier alpha value is -2.99. The van der Waals surface area contributed by atoms with Gasteiger partial charge in [0.15, 0.2) is 16.7 Å². The number of carbonyl (C=O) groups is 1. The number of halogens is 1. The van der Waals surface area contributed by atoms with E-state index in [1.165, 1.54) is 6.08 Å². The van der Waals surface area contributed by atoms with Crippen LogP contribution in [0.1, 0.15) is 19.5 Å². The highest BCUT2D eigenvalue weighted by molar-refractivity contribution is 6.31. The van der Waals surface area contributed by atoms with E-state index < -0.39 is 5.79 Å². The monoisotopic (exact) mass is 369 g/mol. The highest BCUT2D eigenvalue weighted by atomic mass is 35.5. The number of imidazole rings is 1. The van der Waals surface area contributed by atoms with E-state index in [0.29, 0.717) is 28.0 Å². The molecule has 26 heavy (non-hydrogen) atoms. The van der Waals surface area contributed by atoms with Crippen LogP contribution >= 0.6 is 11.6 Å². The maximum Gasteiger partial charge on any atom is 0.248 e. The molecule has 0 bridgehead atoms. The summed E-state index contributed by atoms with van der Waals surface area (Å²) in [5, 5.41) is 3.13. The van der Waals surface area contributed by atoms with E-state index in [1.54, 1.807) is 24.3 Å². The summed E-state index contributed by atoms with van der Waals surface area (Å²) in [5.74, 6) is 0.262. The Morgan fingerprint density at radius 3 is 2.88 bits per heavy atom. The third-order valence-electron chi connectivity index (χ3n) is 3.84. The van der Waals surface area contributed by atoms with Gasteiger partial charge in [-0.15, -0.1) is 0 Å². The first-order valence-corrected chi connectivity index (χ1v) is 8.43. The minimum absolute atomic E-state index is 0.287. The number of nitrogens with zero attached hydrogens (tertiary/aromatic N) is 2. The summed E-state index contributed by atoms with van der Waals surface area (Å²) in [4.78, 5) is 16.5. The van der Waals surface area contributed by atoms with Crippen molar-refractivity contribution in [3.63, 3.8) is 0 Å². The molecule has 0 aliphatic carbocycles. The summed E-state index contributed by atoms with van der Waals surface area (Å²) >= 11 is 6.16. The van der Waals surface area contributed by atoms with Gasteiger partial charge >= 0.3 is 0 Å². The maximum atomic E-state index is 12.2. The summed E-state index contributed by atoms with van der Waals surface area (Å²) in [6.07, 6.45) is 4.88. The first-order valence-electron chi connectivity index (χ1n) is 8.05. The molecule has 1 N–H and O–H groups in total. The normalized spacial score (nSPS) is 14.9. The van der Waals surface area contributed by atoms with Crippen LogP contribution in [0.2, 0.25) is 5.15 Å². The van der Waals surface area contributed by atoms with E-state index in [4.69, 9.17) is 21.1 Å². The van der Waals surface area contributed by atoms with Gasteiger partial charge in [0.05, 0.1) is 5.69 Å². The van der Waals surface area contributed by atoms with Crippen LogP contribution in [0, 0.1) is 0 Å². The minimum Gasteiger partial charge on any atom is -0.449 e. The second-order valence-electron chi connectivity index (χ2n) is 6.30. The predicted octanol–water partition coefficient (Wildman–Crippen LogP) is 4.15. The number of amides is 1. The summed E-state index contributed by atoms with van der Waals surface area (Å²) in [5.41, 5.74) is 1.98. The van der Waals surface area contributed by atoms with E-state index in [-0.39, 0.29) is 5.91 Å². The molecule has 1 aliphatic rings. The molecular formula is C19H16ClN3O3. The molecule has 1 aliphatic heterocycles. The highest BCUT2D eigenvalue weighted by Gasteiger charge is 2.31. The van der Waals surface area contributed by atoms with Crippen LogP contribution in [0.15, 0.2) is 48.7 Å². The Balaban J connectivity index is 1.51. The van der Waals surface area contributed by atoms with Crippen molar-refractivity contribution in [2.45, 2.75) is 19.6 Å². The second-order valence-corrected chi connectivity index (χ2v) is 6.66. The van der Waals surface area contributed by atoms with Gasteiger partial charge in [-0.05, 0) is 30.3 Å². The zero-order valence-corrected chi connectivity index (χ0v) is 14.9. The van der Waals surface area contributed by atoms with Gasteiger partial charge < -0.3 is 14.8 Å². The second kappa shape index (κ2) is 6.07. The molecular weight excluding hydrogens is 354 g/mol. The molecule has 7 heteroatoms. The number of ether oxygens (including phenoxy) is 2. The molecule has 0 unspecified atom stereocenters. The van der Waals surface area contributed by atoms with Crippen molar-refractivity contribution in [3.8, 4) is 11.5 Å². The third-order valence-corrected chi connectivity index (χ3v) is 4.12. The fourth-order valence-electron chi connectivity index (χ4n) is 2.77. The van der Waals surface area contributed by atoms with Crippen LogP contribution in [-0.4, -0.2) is 21.1 Å². The lowest BCUT2D eigenvalue weighted by Gasteiger charge is -2.16. The van der Waals surface area contributed by atoms with Crippen molar-refractivity contribution in [2.75, 3.05) is 5.32 Å². The molecule has 6 nitrogen and oxygen atoms in total. The molecule has 0 spiro atoms. The van der Waals surface area contributed by atoms with Crippen molar-refractivity contribution >= 4 is 34.9 Å². The van der Waals surface area contributed by atoms with Gasteiger partial charge in [0.1, 0.15) is 5.65 Å². The molecule has 4 rings (SSSR count). The number of hydrogen-bond acceptors (Lipinski definition) is 4. The van der Waals surface area contributed by atoms with Gasteiger partial charge in [-0.3, -0.25) is 9.20 Å². The molecule has 1 aromatic carbocycles. The molecule has 0 fully saturated rings. The third kappa shape index (κ3) is 3.11. The first-order chi connectivity index (χ1) is 12.4. The van der Waals surface area contributed by atoms with E-state index >= 15 is 0 Å². The first kappa shape index (κ1) is 16.5. The SMILES string of the molecule is CC1(C)Oc2ccc(NC(=O)/C=C\c3c(Cl)nc4ccccn34)cc2O1. The van der Waals surface area contributed by atoms with Crippen molar-refractivity contribution < 1.29 is 14.3 Å². The number of nitrogens with one attached hydrogen (secondary N) is 1. The Labute approximate surface area is 155 Å². The maximum absolute atomic E-state index is 12.2. The zero-order valence-electron chi connectivity index (χ0n) is 14.2. The number of rotatable bonds is 3. The van der Waals surface area contributed by atoms with Crippen LogP contribution in [0.5, 0.6) is 11.5 Å². The fourth-order valence-corrected chi connectivity index (χ4v) is 3.01. The van der Waals surface area contributed by atoms with E-state index in [1.807, 2.05) is 42.6 Å². The smallest absolute Gasteiger partial charge is 0.248 e. The van der Waals surface area contributed by atoms with Gasteiger partial charge in [-0.25, -0.2) is 4.98 Å². The van der Waals surface area contributed by atoms with Crippen molar-refractivity contribution in [1.82, 2.24) is 9.38 Å². The lowest BCUT2D eigenvalue weighted by molar-refractivity contribution is -0.111. The summed E-state index contributed by atoms with van der Waals surface area (Å²) in [6.45, 7) is 3.65. The summed E-state index contributed by atoms with van der Waals surface area (Å²) < 4.78 is 13.1. The predicted molar refractivity (Wildman–Crippen MR) is 99.6 cm³/mol. The minimum atomic E-state index is -0.704. The van der Waals surface area contributed by atoms with E-state index in [2.05, 4.69) is 10.3 Å². The van der Waals surface area contributed by atoms with Crippen LogP contribution in [0.4, 0.5) is 5.69 Å². The topological polar surface area (TPSA) is 64.9 Å². The molecule has 0 atom stereocenters. The fraction of sp³-hybridized carbons (Fsp3) is 0.158. The standard InChI is InChI=1S/C19H16ClN3O3/c1-19(2)25-14-8-6-12(11-15(14)26-19)21-17(24)9-7-13-18(20)22-16-5-3-4-10-23(13)16/h3-11H,1-2H3,(H,21,24)/b9-7-. The Morgan fingerprint density at radius 2 is 2.04 bits per heavy atom. The van der Waals surface area contributed by atoms with Crippen molar-refractivity contribution in [1.29, 1.82) is 0 Å². The number of aromatic nitrogens is 2. The largest absolute Gasteiger partial charge is 0.449 e. The van der Waals surface area contributed by atoms with Gasteiger partial charge in [0.2, 0.25) is 11.7 Å².